The van der Waals surface area contributed by atoms with E-state index in [0.29, 0.717) is 6.54 Å². The van der Waals surface area contributed by atoms with Gasteiger partial charge in [0.05, 0.1) is 12.5 Å². The Morgan fingerprint density at radius 1 is 1.40 bits per heavy atom. The van der Waals surface area contributed by atoms with Crippen molar-refractivity contribution in [3.8, 4) is 0 Å². The van der Waals surface area contributed by atoms with E-state index >= 15 is 0 Å². The highest BCUT2D eigenvalue weighted by Gasteiger charge is 2.14. The second kappa shape index (κ2) is 7.19. The van der Waals surface area contributed by atoms with Gasteiger partial charge in [0, 0.05) is 6.54 Å². The molecule has 0 heterocycles. The van der Waals surface area contributed by atoms with Crippen LogP contribution in [-0.2, 0) is 9.59 Å². The number of carbonyl (C=O) groups excluding carboxylic acids is 2. The Morgan fingerprint density at radius 3 is 2.47 bits per heavy atom. The Hall–Kier alpha value is -1.14. The van der Waals surface area contributed by atoms with Gasteiger partial charge < -0.3 is 21.7 Å². The number of nitrogens with one attached hydrogen (secondary N) is 1. The van der Waals surface area contributed by atoms with Crippen molar-refractivity contribution < 1.29 is 9.59 Å². The van der Waals surface area contributed by atoms with Crippen LogP contribution in [0.4, 0.5) is 0 Å². The normalized spacial score (nSPS) is 12.5. The molecule has 0 spiro atoms. The summed E-state index contributed by atoms with van der Waals surface area (Å²) in [5, 5.41) is 2.64. The minimum atomic E-state index is -0.832. The zero-order chi connectivity index (χ0) is 11.8. The van der Waals surface area contributed by atoms with Crippen LogP contribution in [0.3, 0.4) is 0 Å². The average molecular weight is 216 g/mol. The summed E-state index contributed by atoms with van der Waals surface area (Å²) in [4.78, 5) is 23.8. The lowest BCUT2D eigenvalue weighted by Gasteiger charge is -2.12. The maximum atomic E-state index is 11.3. The van der Waals surface area contributed by atoms with Crippen LogP contribution < -0.4 is 16.8 Å². The predicted octanol–water partition coefficient (Wildman–Crippen LogP) is -1.74. The molecular weight excluding hydrogens is 196 g/mol. The molecule has 0 fully saturated rings. The highest BCUT2D eigenvalue weighted by Crippen LogP contribution is 1.87. The highest BCUT2D eigenvalue weighted by atomic mass is 16.2. The highest BCUT2D eigenvalue weighted by molar-refractivity contribution is 5.87. The van der Waals surface area contributed by atoms with Crippen LogP contribution in [-0.4, -0.2) is 49.9 Å². The Bertz CT molecular complexity index is 218. The van der Waals surface area contributed by atoms with Crippen molar-refractivity contribution in [1.29, 1.82) is 0 Å². The Morgan fingerprint density at radius 2 is 2.00 bits per heavy atom. The maximum absolute atomic E-state index is 11.3. The molecule has 1 atom stereocenters. The lowest BCUT2D eigenvalue weighted by molar-refractivity contribution is -0.126. The minimum Gasteiger partial charge on any atom is -0.370 e. The summed E-state index contributed by atoms with van der Waals surface area (Å²) in [6, 6.07) is -0.832. The molecule has 88 valence electrons. The van der Waals surface area contributed by atoms with Crippen molar-refractivity contribution in [2.45, 2.75) is 18.9 Å². The molecule has 0 radical (unpaired) electrons. The third-order valence-electron chi connectivity index (χ3n) is 1.84. The van der Waals surface area contributed by atoms with E-state index in [9.17, 15) is 9.59 Å². The van der Waals surface area contributed by atoms with Crippen molar-refractivity contribution in [3.63, 3.8) is 0 Å². The van der Waals surface area contributed by atoms with Crippen LogP contribution in [0.15, 0.2) is 0 Å². The molecule has 0 aromatic rings. The average Bonchev–Trinajstić information content (AvgIpc) is 2.10. The lowest BCUT2D eigenvalue weighted by Crippen LogP contribution is -2.43. The van der Waals surface area contributed by atoms with E-state index in [1.165, 1.54) is 0 Å². The van der Waals surface area contributed by atoms with Gasteiger partial charge in [0.25, 0.3) is 0 Å². The first-order valence-electron chi connectivity index (χ1n) is 4.89. The van der Waals surface area contributed by atoms with Crippen LogP contribution in [0.25, 0.3) is 0 Å². The zero-order valence-corrected chi connectivity index (χ0v) is 9.32. The van der Waals surface area contributed by atoms with Gasteiger partial charge in [-0.15, -0.1) is 0 Å². The van der Waals surface area contributed by atoms with Gasteiger partial charge in [-0.3, -0.25) is 9.59 Å². The van der Waals surface area contributed by atoms with E-state index in [-0.39, 0.29) is 12.3 Å². The summed E-state index contributed by atoms with van der Waals surface area (Å²) in [6.45, 7) is 1.45. The Balaban J connectivity index is 3.60. The van der Waals surface area contributed by atoms with Gasteiger partial charge in [-0.25, -0.2) is 0 Å². The van der Waals surface area contributed by atoms with Gasteiger partial charge in [-0.1, -0.05) is 0 Å². The molecule has 0 rings (SSSR count). The van der Waals surface area contributed by atoms with Crippen molar-refractivity contribution in [3.05, 3.63) is 0 Å². The number of carbonyl (C=O) groups is 2. The van der Waals surface area contributed by atoms with Crippen LogP contribution in [0, 0.1) is 0 Å². The molecule has 0 saturated carbocycles. The first-order chi connectivity index (χ1) is 6.93. The standard InChI is InChI=1S/C9H20N4O2/c1-13(2)5-3-4-12-9(15)7(10)6-8(11)14/h7H,3-6,10H2,1-2H3,(H2,11,14)(H,12,15). The lowest BCUT2D eigenvalue weighted by atomic mass is 10.2. The fourth-order valence-electron chi connectivity index (χ4n) is 1.05. The van der Waals surface area contributed by atoms with Gasteiger partial charge in [-0.2, -0.15) is 0 Å². The van der Waals surface area contributed by atoms with Crippen LogP contribution in [0.2, 0.25) is 0 Å². The van der Waals surface area contributed by atoms with Gasteiger partial charge in [-0.05, 0) is 27.1 Å². The molecule has 0 aliphatic rings. The summed E-state index contributed by atoms with van der Waals surface area (Å²) >= 11 is 0. The molecule has 0 aromatic heterocycles. The first kappa shape index (κ1) is 13.9. The fourth-order valence-corrected chi connectivity index (χ4v) is 1.05. The Kier molecular flexibility index (Phi) is 6.64. The monoisotopic (exact) mass is 216 g/mol. The second-order valence-corrected chi connectivity index (χ2v) is 3.72. The molecule has 0 aliphatic carbocycles. The largest absolute Gasteiger partial charge is 0.370 e. The molecule has 0 aromatic carbocycles. The number of rotatable bonds is 7. The molecule has 6 heteroatoms. The Labute approximate surface area is 90.0 Å². The van der Waals surface area contributed by atoms with Crippen molar-refractivity contribution in [2.24, 2.45) is 11.5 Å². The molecule has 5 N–H and O–H groups in total. The number of hydrogen-bond acceptors (Lipinski definition) is 4. The van der Waals surface area contributed by atoms with Crippen LogP contribution >= 0.6 is 0 Å². The van der Waals surface area contributed by atoms with E-state index in [1.807, 2.05) is 19.0 Å². The molecule has 15 heavy (non-hydrogen) atoms. The second-order valence-electron chi connectivity index (χ2n) is 3.72. The SMILES string of the molecule is CN(C)CCCNC(=O)C(N)CC(N)=O. The molecule has 1 unspecified atom stereocenters. The zero-order valence-electron chi connectivity index (χ0n) is 9.32. The van der Waals surface area contributed by atoms with E-state index < -0.39 is 11.9 Å². The molecule has 0 saturated heterocycles. The van der Waals surface area contributed by atoms with Gasteiger partial charge >= 0.3 is 0 Å². The predicted molar refractivity (Wildman–Crippen MR) is 58.0 cm³/mol. The van der Waals surface area contributed by atoms with E-state index in [1.54, 1.807) is 0 Å². The van der Waals surface area contributed by atoms with Crippen molar-refractivity contribution in [1.82, 2.24) is 10.2 Å². The molecule has 0 aliphatic heterocycles. The fraction of sp³-hybridized carbons (Fsp3) is 0.778. The summed E-state index contributed by atoms with van der Waals surface area (Å²) in [7, 11) is 3.92. The number of primary amides is 1. The molecule has 6 nitrogen and oxygen atoms in total. The summed E-state index contributed by atoms with van der Waals surface area (Å²) in [6.07, 6.45) is 0.738. The van der Waals surface area contributed by atoms with Gasteiger partial charge in [0.2, 0.25) is 11.8 Å². The van der Waals surface area contributed by atoms with Gasteiger partial charge in [0.1, 0.15) is 0 Å². The maximum Gasteiger partial charge on any atom is 0.237 e. The number of nitrogens with two attached hydrogens (primary N) is 2. The van der Waals surface area contributed by atoms with Gasteiger partial charge in [0.15, 0.2) is 0 Å². The topological polar surface area (TPSA) is 101 Å². The summed E-state index contributed by atoms with van der Waals surface area (Å²) in [5.74, 6) is -0.890. The smallest absolute Gasteiger partial charge is 0.237 e. The third-order valence-corrected chi connectivity index (χ3v) is 1.84. The molecule has 0 bridgehead atoms. The summed E-state index contributed by atoms with van der Waals surface area (Å²) < 4.78 is 0. The molecule has 2 amide bonds. The molecular formula is C9H20N4O2. The van der Waals surface area contributed by atoms with E-state index in [2.05, 4.69) is 5.32 Å². The van der Waals surface area contributed by atoms with Crippen molar-refractivity contribution >= 4 is 11.8 Å². The first-order valence-corrected chi connectivity index (χ1v) is 4.89. The van der Waals surface area contributed by atoms with Crippen molar-refractivity contribution in [2.75, 3.05) is 27.2 Å². The van der Waals surface area contributed by atoms with E-state index in [0.717, 1.165) is 13.0 Å². The number of amides is 2. The summed E-state index contributed by atoms with van der Waals surface area (Å²) in [5.41, 5.74) is 10.4. The third kappa shape index (κ3) is 7.90. The minimum absolute atomic E-state index is 0.112. The number of nitrogens with zero attached hydrogens (tertiary/aromatic N) is 1. The number of hydrogen-bond donors (Lipinski definition) is 3. The van der Waals surface area contributed by atoms with Crippen LogP contribution in [0.1, 0.15) is 12.8 Å². The van der Waals surface area contributed by atoms with Crippen LogP contribution in [0.5, 0.6) is 0 Å². The quantitative estimate of drug-likeness (QED) is 0.439. The van der Waals surface area contributed by atoms with E-state index in [4.69, 9.17) is 11.5 Å².